The van der Waals surface area contributed by atoms with E-state index in [1.165, 1.54) is 18.5 Å². The number of carbonyl (C=O) groups excluding carboxylic acids is 1. The number of anilines is 1. The molecule has 1 saturated heterocycles. The van der Waals surface area contributed by atoms with Crippen molar-refractivity contribution in [1.82, 2.24) is 15.1 Å². The highest BCUT2D eigenvalue weighted by Gasteiger charge is 2.28. The summed E-state index contributed by atoms with van der Waals surface area (Å²) in [7, 11) is 1.62. The second kappa shape index (κ2) is 6.19. The average Bonchev–Trinajstić information content (AvgIpc) is 3.38. The van der Waals surface area contributed by atoms with Gasteiger partial charge in [-0.25, -0.2) is 0 Å². The minimum atomic E-state index is 0.0815. The van der Waals surface area contributed by atoms with E-state index < -0.39 is 0 Å². The van der Waals surface area contributed by atoms with Crippen LogP contribution in [0.2, 0.25) is 0 Å². The van der Waals surface area contributed by atoms with E-state index in [4.69, 9.17) is 4.74 Å². The molecular weight excluding hydrogens is 304 g/mol. The third kappa shape index (κ3) is 2.96. The van der Waals surface area contributed by atoms with E-state index in [9.17, 15) is 4.79 Å². The van der Waals surface area contributed by atoms with E-state index in [1.807, 2.05) is 29.2 Å². The number of nitrogens with one attached hydrogen (secondary N) is 1. The molecule has 2 heterocycles. The largest absolute Gasteiger partial charge is 0.497 e. The number of benzene rings is 1. The summed E-state index contributed by atoms with van der Waals surface area (Å²) in [5.41, 5.74) is 1.96. The number of aromatic amines is 1. The standard InChI is InChI=1S/C18H22N4O2/c1-24-15-6-4-14(5-7-15)18(23)22-10-8-21(9-11-22)17-12-16(19-20-17)13-2-3-13/h4-7,12-13H,2-3,8-11H2,1H3,(H,19,20). The second-order valence-corrected chi connectivity index (χ2v) is 6.46. The molecular formula is C18H22N4O2. The Morgan fingerprint density at radius 3 is 2.50 bits per heavy atom. The molecule has 4 rings (SSSR count). The number of hydrogen-bond donors (Lipinski definition) is 1. The molecule has 2 aromatic rings. The fourth-order valence-corrected chi connectivity index (χ4v) is 3.15. The van der Waals surface area contributed by atoms with Gasteiger partial charge in [0.05, 0.1) is 7.11 Å². The zero-order valence-corrected chi connectivity index (χ0v) is 13.9. The summed E-state index contributed by atoms with van der Waals surface area (Å²) in [5, 5.41) is 7.58. The minimum absolute atomic E-state index is 0.0815. The molecule has 0 unspecified atom stereocenters. The first-order valence-corrected chi connectivity index (χ1v) is 8.48. The zero-order chi connectivity index (χ0) is 16.5. The van der Waals surface area contributed by atoms with Gasteiger partial charge in [-0.3, -0.25) is 9.89 Å². The molecule has 6 heteroatoms. The summed E-state index contributed by atoms with van der Waals surface area (Å²) in [5.74, 6) is 2.54. The number of amides is 1. The smallest absolute Gasteiger partial charge is 0.253 e. The Morgan fingerprint density at radius 1 is 1.17 bits per heavy atom. The molecule has 1 aromatic carbocycles. The number of nitrogens with zero attached hydrogens (tertiary/aromatic N) is 3. The third-order valence-electron chi connectivity index (χ3n) is 4.83. The van der Waals surface area contributed by atoms with E-state index in [1.54, 1.807) is 7.11 Å². The normalized spacial score (nSPS) is 17.9. The van der Waals surface area contributed by atoms with Crippen LogP contribution in [0.1, 0.15) is 34.8 Å². The topological polar surface area (TPSA) is 61.5 Å². The van der Waals surface area contributed by atoms with Crippen molar-refractivity contribution < 1.29 is 9.53 Å². The molecule has 6 nitrogen and oxygen atoms in total. The van der Waals surface area contributed by atoms with Gasteiger partial charge in [0, 0.05) is 49.4 Å². The SMILES string of the molecule is COc1ccc(C(=O)N2CCN(c3cc(C4CC4)[nH]n3)CC2)cc1. The highest BCUT2D eigenvalue weighted by molar-refractivity contribution is 5.94. The lowest BCUT2D eigenvalue weighted by molar-refractivity contribution is 0.0746. The van der Waals surface area contributed by atoms with Crippen molar-refractivity contribution in [1.29, 1.82) is 0 Å². The number of H-pyrrole nitrogens is 1. The van der Waals surface area contributed by atoms with Gasteiger partial charge in [-0.15, -0.1) is 0 Å². The van der Waals surface area contributed by atoms with Crippen LogP contribution in [0.15, 0.2) is 30.3 Å². The van der Waals surface area contributed by atoms with Gasteiger partial charge in [-0.1, -0.05) is 0 Å². The Labute approximate surface area is 141 Å². The van der Waals surface area contributed by atoms with E-state index in [2.05, 4.69) is 21.2 Å². The lowest BCUT2D eigenvalue weighted by atomic mass is 10.1. The van der Waals surface area contributed by atoms with Crippen molar-refractivity contribution in [3.05, 3.63) is 41.6 Å². The Kier molecular flexibility index (Phi) is 3.88. The van der Waals surface area contributed by atoms with Gasteiger partial charge >= 0.3 is 0 Å². The fraction of sp³-hybridized carbons (Fsp3) is 0.444. The molecule has 2 aliphatic rings. The van der Waals surface area contributed by atoms with Crippen LogP contribution in [0.3, 0.4) is 0 Å². The molecule has 0 atom stereocenters. The highest BCUT2D eigenvalue weighted by Crippen LogP contribution is 2.39. The van der Waals surface area contributed by atoms with Crippen LogP contribution in [0.4, 0.5) is 5.82 Å². The van der Waals surface area contributed by atoms with Crippen molar-refractivity contribution in [2.75, 3.05) is 38.2 Å². The van der Waals surface area contributed by atoms with Crippen molar-refractivity contribution in [3.8, 4) is 5.75 Å². The quantitative estimate of drug-likeness (QED) is 0.936. The van der Waals surface area contributed by atoms with Crippen LogP contribution in [-0.4, -0.2) is 54.3 Å². The summed E-state index contributed by atoms with van der Waals surface area (Å²) >= 11 is 0. The van der Waals surface area contributed by atoms with Crippen LogP contribution in [-0.2, 0) is 0 Å². The van der Waals surface area contributed by atoms with E-state index >= 15 is 0 Å². The van der Waals surface area contributed by atoms with E-state index in [-0.39, 0.29) is 5.91 Å². The summed E-state index contributed by atoms with van der Waals surface area (Å²) in [6.45, 7) is 3.07. The highest BCUT2D eigenvalue weighted by atomic mass is 16.5. The van der Waals surface area contributed by atoms with Crippen molar-refractivity contribution in [3.63, 3.8) is 0 Å². The monoisotopic (exact) mass is 326 g/mol. The number of ether oxygens (including phenoxy) is 1. The third-order valence-corrected chi connectivity index (χ3v) is 4.83. The lowest BCUT2D eigenvalue weighted by Crippen LogP contribution is -2.48. The molecule has 1 aliphatic carbocycles. The molecule has 0 radical (unpaired) electrons. The molecule has 24 heavy (non-hydrogen) atoms. The molecule has 1 N–H and O–H groups in total. The van der Waals surface area contributed by atoms with E-state index in [0.717, 1.165) is 37.7 Å². The molecule has 2 fully saturated rings. The average molecular weight is 326 g/mol. The van der Waals surface area contributed by atoms with Gasteiger partial charge in [-0.05, 0) is 37.1 Å². The number of piperazine rings is 1. The van der Waals surface area contributed by atoms with Gasteiger partial charge in [0.2, 0.25) is 0 Å². The Balaban J connectivity index is 1.36. The lowest BCUT2D eigenvalue weighted by Gasteiger charge is -2.34. The maximum Gasteiger partial charge on any atom is 0.253 e. The van der Waals surface area contributed by atoms with Crippen molar-refractivity contribution in [2.24, 2.45) is 0 Å². The summed E-state index contributed by atoms with van der Waals surface area (Å²) in [6.07, 6.45) is 2.54. The van der Waals surface area contributed by atoms with Crippen LogP contribution in [0.5, 0.6) is 5.75 Å². The number of rotatable bonds is 4. The first kappa shape index (κ1) is 15.1. The maximum absolute atomic E-state index is 12.6. The molecule has 0 bridgehead atoms. The maximum atomic E-state index is 12.6. The first-order chi connectivity index (χ1) is 11.7. The van der Waals surface area contributed by atoms with Crippen molar-refractivity contribution in [2.45, 2.75) is 18.8 Å². The van der Waals surface area contributed by atoms with Gasteiger partial charge < -0.3 is 14.5 Å². The van der Waals surface area contributed by atoms with Crippen LogP contribution < -0.4 is 9.64 Å². The molecule has 126 valence electrons. The number of carbonyl (C=O) groups is 1. The van der Waals surface area contributed by atoms with Crippen LogP contribution >= 0.6 is 0 Å². The Morgan fingerprint density at radius 2 is 1.88 bits per heavy atom. The van der Waals surface area contributed by atoms with E-state index in [0.29, 0.717) is 11.5 Å². The summed E-state index contributed by atoms with van der Waals surface area (Å²) < 4.78 is 5.14. The summed E-state index contributed by atoms with van der Waals surface area (Å²) in [6, 6.07) is 9.46. The summed E-state index contributed by atoms with van der Waals surface area (Å²) in [4.78, 5) is 16.7. The minimum Gasteiger partial charge on any atom is -0.497 e. The number of aromatic nitrogens is 2. The predicted octanol–water partition coefficient (Wildman–Crippen LogP) is 2.26. The van der Waals surface area contributed by atoms with Gasteiger partial charge in [0.25, 0.3) is 5.91 Å². The molecule has 1 saturated carbocycles. The van der Waals surface area contributed by atoms with Crippen LogP contribution in [0, 0.1) is 0 Å². The predicted molar refractivity (Wildman–Crippen MR) is 91.7 cm³/mol. The molecule has 1 amide bonds. The Bertz CT molecular complexity index is 713. The fourth-order valence-electron chi connectivity index (χ4n) is 3.15. The van der Waals surface area contributed by atoms with Gasteiger partial charge in [-0.2, -0.15) is 5.10 Å². The van der Waals surface area contributed by atoms with Crippen LogP contribution in [0.25, 0.3) is 0 Å². The molecule has 0 spiro atoms. The zero-order valence-electron chi connectivity index (χ0n) is 13.9. The van der Waals surface area contributed by atoms with Gasteiger partial charge in [0.15, 0.2) is 5.82 Å². The molecule has 1 aromatic heterocycles. The second-order valence-electron chi connectivity index (χ2n) is 6.46. The van der Waals surface area contributed by atoms with Gasteiger partial charge in [0.1, 0.15) is 5.75 Å². The first-order valence-electron chi connectivity index (χ1n) is 8.48. The number of hydrogen-bond acceptors (Lipinski definition) is 4. The molecule has 1 aliphatic heterocycles. The number of methoxy groups -OCH3 is 1. The van der Waals surface area contributed by atoms with Crippen molar-refractivity contribution >= 4 is 11.7 Å². The Hall–Kier alpha value is -2.50.